The van der Waals surface area contributed by atoms with Crippen LogP contribution in [0.3, 0.4) is 0 Å². The second kappa shape index (κ2) is 6.49. The summed E-state index contributed by atoms with van der Waals surface area (Å²) >= 11 is 5.96. The number of aromatic nitrogens is 5. The van der Waals surface area contributed by atoms with E-state index in [9.17, 15) is 4.39 Å². The molecule has 4 aromatic rings. The van der Waals surface area contributed by atoms with Gasteiger partial charge in [0.2, 0.25) is 5.65 Å². The highest BCUT2D eigenvalue weighted by molar-refractivity contribution is 6.31. The van der Waals surface area contributed by atoms with Gasteiger partial charge in [0.25, 0.3) is 5.82 Å². The van der Waals surface area contributed by atoms with Crippen LogP contribution >= 0.6 is 11.6 Å². The summed E-state index contributed by atoms with van der Waals surface area (Å²) in [5.74, 6) is -0.154. The summed E-state index contributed by atoms with van der Waals surface area (Å²) in [5, 5.41) is 4.62. The quantitative estimate of drug-likeness (QED) is 0.460. The molecule has 0 spiro atoms. The minimum atomic E-state index is -0.482. The summed E-state index contributed by atoms with van der Waals surface area (Å²) in [5.41, 5.74) is 3.31. The first-order chi connectivity index (χ1) is 13.0. The van der Waals surface area contributed by atoms with E-state index in [0.717, 1.165) is 5.69 Å². The molecule has 4 rings (SSSR count). The fourth-order valence-electron chi connectivity index (χ4n) is 2.92. The van der Waals surface area contributed by atoms with E-state index in [2.05, 4.69) is 19.9 Å². The van der Waals surface area contributed by atoms with Crippen LogP contribution in [-0.4, -0.2) is 24.1 Å². The number of halogens is 2. The van der Waals surface area contributed by atoms with Gasteiger partial charge in [-0.15, -0.1) is 4.52 Å². The molecular formula is C19H14ClFN6. The number of hydrogen-bond acceptors (Lipinski definition) is 3. The SMILES string of the molecule is [C-]#[N+]c1cnc2ccc(-c3c(-c4ccc(F)c(Cl)c4)ncn3C(C)C)nn12. The number of rotatable bonds is 3. The zero-order chi connectivity index (χ0) is 19.1. The second-order valence-electron chi connectivity index (χ2n) is 6.29. The van der Waals surface area contributed by atoms with Crippen molar-refractivity contribution in [2.24, 2.45) is 0 Å². The Morgan fingerprint density at radius 2 is 2.00 bits per heavy atom. The monoisotopic (exact) mass is 380 g/mol. The first kappa shape index (κ1) is 17.2. The minimum Gasteiger partial charge on any atom is -0.360 e. The van der Waals surface area contributed by atoms with Crippen molar-refractivity contribution in [1.29, 1.82) is 0 Å². The van der Waals surface area contributed by atoms with Crippen LogP contribution in [0.5, 0.6) is 0 Å². The summed E-state index contributed by atoms with van der Waals surface area (Å²) in [4.78, 5) is 12.1. The lowest BCUT2D eigenvalue weighted by Crippen LogP contribution is -2.04. The highest BCUT2D eigenvalue weighted by Crippen LogP contribution is 2.34. The third-order valence-electron chi connectivity index (χ3n) is 4.24. The van der Waals surface area contributed by atoms with Gasteiger partial charge in [-0.25, -0.2) is 14.4 Å². The van der Waals surface area contributed by atoms with E-state index in [-0.39, 0.29) is 11.1 Å². The second-order valence-corrected chi connectivity index (χ2v) is 6.70. The van der Waals surface area contributed by atoms with Gasteiger partial charge in [0.15, 0.2) is 0 Å². The Hall–Kier alpha value is -3.24. The normalized spacial score (nSPS) is 11.3. The Kier molecular flexibility index (Phi) is 4.13. The predicted molar refractivity (Wildman–Crippen MR) is 101 cm³/mol. The van der Waals surface area contributed by atoms with E-state index < -0.39 is 5.82 Å². The molecule has 3 heterocycles. The van der Waals surface area contributed by atoms with Crippen molar-refractivity contribution >= 4 is 23.1 Å². The lowest BCUT2D eigenvalue weighted by atomic mass is 10.1. The fraction of sp³-hybridized carbons (Fsp3) is 0.158. The highest BCUT2D eigenvalue weighted by Gasteiger charge is 2.20. The van der Waals surface area contributed by atoms with Crippen molar-refractivity contribution in [3.63, 3.8) is 0 Å². The maximum atomic E-state index is 13.6. The van der Waals surface area contributed by atoms with Crippen molar-refractivity contribution in [2.75, 3.05) is 0 Å². The Balaban J connectivity index is 1.97. The molecule has 134 valence electrons. The van der Waals surface area contributed by atoms with Crippen LogP contribution in [0.1, 0.15) is 19.9 Å². The molecular weight excluding hydrogens is 367 g/mol. The average Bonchev–Trinajstić information content (AvgIpc) is 3.27. The van der Waals surface area contributed by atoms with Crippen molar-refractivity contribution in [1.82, 2.24) is 24.1 Å². The zero-order valence-electron chi connectivity index (χ0n) is 14.6. The number of imidazole rings is 2. The molecule has 6 nitrogen and oxygen atoms in total. The molecule has 0 fully saturated rings. The van der Waals surface area contributed by atoms with Gasteiger partial charge in [-0.1, -0.05) is 23.3 Å². The Bertz CT molecular complexity index is 1200. The van der Waals surface area contributed by atoms with Gasteiger partial charge in [-0.3, -0.25) is 0 Å². The van der Waals surface area contributed by atoms with Crippen LogP contribution in [0.2, 0.25) is 5.02 Å². The van der Waals surface area contributed by atoms with Crippen molar-refractivity contribution < 1.29 is 4.39 Å². The number of benzene rings is 1. The van der Waals surface area contributed by atoms with Gasteiger partial charge >= 0.3 is 0 Å². The van der Waals surface area contributed by atoms with E-state index in [1.165, 1.54) is 16.8 Å². The largest absolute Gasteiger partial charge is 0.360 e. The zero-order valence-corrected chi connectivity index (χ0v) is 15.3. The number of nitrogens with zero attached hydrogens (tertiary/aromatic N) is 6. The van der Waals surface area contributed by atoms with E-state index in [1.54, 1.807) is 24.5 Å². The summed E-state index contributed by atoms with van der Waals surface area (Å²) in [6.07, 6.45) is 3.21. The van der Waals surface area contributed by atoms with Gasteiger partial charge in [0.1, 0.15) is 11.5 Å². The van der Waals surface area contributed by atoms with Gasteiger partial charge < -0.3 is 9.41 Å². The van der Waals surface area contributed by atoms with E-state index in [4.69, 9.17) is 18.2 Å². The van der Waals surface area contributed by atoms with Gasteiger partial charge in [0.05, 0.1) is 28.9 Å². The molecule has 0 aliphatic heterocycles. The molecule has 0 unspecified atom stereocenters. The van der Waals surface area contributed by atoms with Crippen LogP contribution in [0.25, 0.3) is 33.1 Å². The van der Waals surface area contributed by atoms with Crippen LogP contribution in [0, 0.1) is 12.4 Å². The van der Waals surface area contributed by atoms with E-state index >= 15 is 0 Å². The van der Waals surface area contributed by atoms with Crippen LogP contribution in [0.4, 0.5) is 10.2 Å². The molecule has 0 radical (unpaired) electrons. The van der Waals surface area contributed by atoms with Crippen molar-refractivity contribution in [3.8, 4) is 22.6 Å². The molecule has 0 atom stereocenters. The number of fused-ring (bicyclic) bond motifs is 1. The molecule has 8 heteroatoms. The standard InChI is InChI=1S/C19H14ClFN6/c1-11(2)26-10-24-18(12-4-5-14(21)13(20)8-12)19(26)15-6-7-16-23-9-17(22-3)27(16)25-15/h4-11H,1-2H3. The van der Waals surface area contributed by atoms with Gasteiger partial charge in [-0.05, 0) is 38.1 Å². The molecule has 0 aliphatic carbocycles. The molecule has 0 amide bonds. The van der Waals surface area contributed by atoms with Crippen molar-refractivity contribution in [3.05, 3.63) is 65.1 Å². The smallest absolute Gasteiger partial charge is 0.275 e. The molecule has 0 aliphatic rings. The molecule has 0 bridgehead atoms. The summed E-state index contributed by atoms with van der Waals surface area (Å²) < 4.78 is 17.1. The molecule has 0 N–H and O–H groups in total. The maximum absolute atomic E-state index is 13.6. The topological polar surface area (TPSA) is 52.4 Å². The third-order valence-corrected chi connectivity index (χ3v) is 4.53. The van der Waals surface area contributed by atoms with Crippen molar-refractivity contribution in [2.45, 2.75) is 19.9 Å². The highest BCUT2D eigenvalue weighted by atomic mass is 35.5. The lowest BCUT2D eigenvalue weighted by molar-refractivity contribution is 0.604. The first-order valence-electron chi connectivity index (χ1n) is 8.24. The molecule has 27 heavy (non-hydrogen) atoms. The third kappa shape index (κ3) is 2.84. The fourth-order valence-corrected chi connectivity index (χ4v) is 3.11. The molecule has 0 saturated carbocycles. The molecule has 1 aromatic carbocycles. The first-order valence-corrected chi connectivity index (χ1v) is 8.62. The molecule has 3 aromatic heterocycles. The van der Waals surface area contributed by atoms with E-state index in [1.807, 2.05) is 24.5 Å². The Morgan fingerprint density at radius 1 is 1.19 bits per heavy atom. The van der Waals surface area contributed by atoms with Crippen LogP contribution in [0.15, 0.2) is 42.9 Å². The predicted octanol–water partition coefficient (Wildman–Crippen LogP) is 5.18. The summed E-state index contributed by atoms with van der Waals surface area (Å²) in [6, 6.07) is 8.26. The average molecular weight is 381 g/mol. The van der Waals surface area contributed by atoms with E-state index in [0.29, 0.717) is 28.4 Å². The van der Waals surface area contributed by atoms with Gasteiger partial charge in [0, 0.05) is 17.7 Å². The Labute approximate surface area is 159 Å². The summed E-state index contributed by atoms with van der Waals surface area (Å²) in [6.45, 7) is 11.3. The van der Waals surface area contributed by atoms with Crippen LogP contribution in [-0.2, 0) is 0 Å². The Morgan fingerprint density at radius 3 is 2.70 bits per heavy atom. The maximum Gasteiger partial charge on any atom is 0.275 e. The molecule has 0 saturated heterocycles. The number of hydrogen-bond donors (Lipinski definition) is 0. The summed E-state index contributed by atoms with van der Waals surface area (Å²) in [7, 11) is 0. The van der Waals surface area contributed by atoms with Gasteiger partial charge in [-0.2, -0.15) is 0 Å². The lowest BCUT2D eigenvalue weighted by Gasteiger charge is -2.12. The van der Waals surface area contributed by atoms with Crippen LogP contribution < -0.4 is 0 Å². The minimum absolute atomic E-state index is 0.0332.